The zero-order valence-corrected chi connectivity index (χ0v) is 6.83. The molecule has 5 heteroatoms. The molecule has 2 rings (SSSR count). The van der Waals surface area contributed by atoms with Crippen LogP contribution in [0.25, 0.3) is 11.2 Å². The Morgan fingerprint density at radius 1 is 1.50 bits per heavy atom. The van der Waals surface area contributed by atoms with Crippen molar-refractivity contribution in [2.45, 2.75) is 6.92 Å². The number of nitrogens with one attached hydrogen (secondary N) is 1. The quantitative estimate of drug-likeness (QED) is 0.594. The van der Waals surface area contributed by atoms with Crippen molar-refractivity contribution >= 4 is 11.2 Å². The molecule has 0 fully saturated rings. The van der Waals surface area contributed by atoms with E-state index >= 15 is 0 Å². The van der Waals surface area contributed by atoms with Crippen molar-refractivity contribution in [3.05, 3.63) is 22.5 Å². The highest BCUT2D eigenvalue weighted by Gasteiger charge is 2.05. The smallest absolute Gasteiger partial charge is 0.303 e. The van der Waals surface area contributed by atoms with Crippen molar-refractivity contribution < 1.29 is 0 Å². The maximum absolute atomic E-state index is 11.1. The van der Waals surface area contributed by atoms with Crippen LogP contribution in [0.3, 0.4) is 0 Å². The van der Waals surface area contributed by atoms with Crippen LogP contribution in [0.1, 0.15) is 5.69 Å². The number of aromatic amines is 1. The second-order valence-electron chi connectivity index (χ2n) is 2.65. The van der Waals surface area contributed by atoms with Crippen LogP contribution in [-0.4, -0.2) is 19.5 Å². The molecule has 0 unspecified atom stereocenters. The molecule has 0 amide bonds. The van der Waals surface area contributed by atoms with Gasteiger partial charge in [-0.3, -0.25) is 4.57 Å². The highest BCUT2D eigenvalue weighted by Crippen LogP contribution is 2.06. The molecule has 62 valence electrons. The Morgan fingerprint density at radius 3 is 2.92 bits per heavy atom. The molecule has 0 saturated heterocycles. The van der Waals surface area contributed by atoms with Gasteiger partial charge >= 0.3 is 5.69 Å². The van der Waals surface area contributed by atoms with E-state index in [4.69, 9.17) is 0 Å². The number of fused-ring (bicyclic) bond motifs is 1. The molecule has 0 bridgehead atoms. The topological polar surface area (TPSA) is 63.6 Å². The normalized spacial score (nSPS) is 10.8. The monoisotopic (exact) mass is 164 g/mol. The van der Waals surface area contributed by atoms with Crippen LogP contribution in [0.5, 0.6) is 0 Å². The summed E-state index contributed by atoms with van der Waals surface area (Å²) in [6.45, 7) is 1.83. The Labute approximate surface area is 68.1 Å². The lowest BCUT2D eigenvalue weighted by atomic mass is 10.4. The molecule has 0 spiro atoms. The summed E-state index contributed by atoms with van der Waals surface area (Å²) in [5, 5.41) is 0. The van der Waals surface area contributed by atoms with Gasteiger partial charge in [0.05, 0.1) is 5.69 Å². The van der Waals surface area contributed by atoms with Gasteiger partial charge in [-0.2, -0.15) is 0 Å². The second-order valence-corrected chi connectivity index (χ2v) is 2.65. The van der Waals surface area contributed by atoms with E-state index in [1.807, 2.05) is 6.92 Å². The van der Waals surface area contributed by atoms with Gasteiger partial charge in [0.2, 0.25) is 0 Å². The maximum atomic E-state index is 11.1. The van der Waals surface area contributed by atoms with E-state index < -0.39 is 0 Å². The SMILES string of the molecule is Cc1ncnc2c1[nH]c(=O)n2C. The molecule has 1 N–H and O–H groups in total. The van der Waals surface area contributed by atoms with Crippen LogP contribution < -0.4 is 5.69 Å². The molecule has 12 heavy (non-hydrogen) atoms. The molecule has 0 atom stereocenters. The van der Waals surface area contributed by atoms with Crippen molar-refractivity contribution in [1.82, 2.24) is 19.5 Å². The Balaban J connectivity index is 3.05. The minimum Gasteiger partial charge on any atom is -0.303 e. The number of aromatic nitrogens is 4. The van der Waals surface area contributed by atoms with Crippen molar-refractivity contribution in [3.63, 3.8) is 0 Å². The van der Waals surface area contributed by atoms with Crippen molar-refractivity contribution in [3.8, 4) is 0 Å². The highest BCUT2D eigenvalue weighted by atomic mass is 16.1. The lowest BCUT2D eigenvalue weighted by Gasteiger charge is -1.92. The minimum absolute atomic E-state index is 0.159. The third-order valence-electron chi connectivity index (χ3n) is 1.87. The lowest BCUT2D eigenvalue weighted by Crippen LogP contribution is -2.12. The van der Waals surface area contributed by atoms with Gasteiger partial charge in [-0.1, -0.05) is 0 Å². The summed E-state index contributed by atoms with van der Waals surface area (Å²) in [6, 6.07) is 0. The fraction of sp³-hybridized carbons (Fsp3) is 0.286. The van der Waals surface area contributed by atoms with E-state index in [9.17, 15) is 4.79 Å². The summed E-state index contributed by atoms with van der Waals surface area (Å²) >= 11 is 0. The van der Waals surface area contributed by atoms with Gasteiger partial charge in [-0.25, -0.2) is 14.8 Å². The summed E-state index contributed by atoms with van der Waals surface area (Å²) in [6.07, 6.45) is 1.45. The van der Waals surface area contributed by atoms with Crippen LogP contribution >= 0.6 is 0 Å². The van der Waals surface area contributed by atoms with Crippen molar-refractivity contribution in [2.24, 2.45) is 7.05 Å². The first kappa shape index (κ1) is 7.02. The number of aryl methyl sites for hydroxylation is 2. The predicted molar refractivity (Wildman–Crippen MR) is 43.9 cm³/mol. The van der Waals surface area contributed by atoms with Crippen LogP contribution in [0, 0.1) is 6.92 Å². The summed E-state index contributed by atoms with van der Waals surface area (Å²) in [7, 11) is 1.67. The number of rotatable bonds is 0. The van der Waals surface area contributed by atoms with Gasteiger partial charge in [0.1, 0.15) is 11.8 Å². The molecule has 5 nitrogen and oxygen atoms in total. The van der Waals surface area contributed by atoms with Gasteiger partial charge in [0.15, 0.2) is 5.65 Å². The summed E-state index contributed by atoms with van der Waals surface area (Å²) < 4.78 is 1.46. The number of nitrogens with zero attached hydrogens (tertiary/aromatic N) is 3. The van der Waals surface area contributed by atoms with Crippen LogP contribution in [0.15, 0.2) is 11.1 Å². The minimum atomic E-state index is -0.159. The molecule has 0 saturated carbocycles. The van der Waals surface area contributed by atoms with Gasteiger partial charge < -0.3 is 4.98 Å². The van der Waals surface area contributed by atoms with Gasteiger partial charge in [0, 0.05) is 7.05 Å². The number of H-pyrrole nitrogens is 1. The van der Waals surface area contributed by atoms with E-state index in [0.29, 0.717) is 11.2 Å². The van der Waals surface area contributed by atoms with Gasteiger partial charge in [-0.05, 0) is 6.92 Å². The largest absolute Gasteiger partial charge is 0.327 e. The molecule has 0 aliphatic carbocycles. The van der Waals surface area contributed by atoms with Crippen molar-refractivity contribution in [1.29, 1.82) is 0 Å². The van der Waals surface area contributed by atoms with E-state index in [2.05, 4.69) is 15.0 Å². The molecule has 0 aliphatic heterocycles. The number of imidazole rings is 1. The van der Waals surface area contributed by atoms with Crippen molar-refractivity contribution in [2.75, 3.05) is 0 Å². The fourth-order valence-corrected chi connectivity index (χ4v) is 1.15. The zero-order valence-electron chi connectivity index (χ0n) is 6.83. The molecule has 0 aromatic carbocycles. The summed E-state index contributed by atoms with van der Waals surface area (Å²) in [4.78, 5) is 21.8. The van der Waals surface area contributed by atoms with Gasteiger partial charge in [0.25, 0.3) is 0 Å². The van der Waals surface area contributed by atoms with Crippen LogP contribution in [0.2, 0.25) is 0 Å². The lowest BCUT2D eigenvalue weighted by molar-refractivity contribution is 0.877. The molecular formula is C7H8N4O. The standard InChI is InChI=1S/C7H8N4O/c1-4-5-6(9-3-8-4)11(2)7(12)10-5/h3H,1-2H3,(H,10,12). The molecular weight excluding hydrogens is 156 g/mol. The maximum Gasteiger partial charge on any atom is 0.327 e. The van der Waals surface area contributed by atoms with E-state index in [-0.39, 0.29) is 5.69 Å². The van der Waals surface area contributed by atoms with E-state index in [1.165, 1.54) is 10.9 Å². The fourth-order valence-electron chi connectivity index (χ4n) is 1.15. The molecule has 2 aromatic heterocycles. The first-order chi connectivity index (χ1) is 5.70. The summed E-state index contributed by atoms with van der Waals surface area (Å²) in [5.41, 5.74) is 1.99. The molecule has 2 aromatic rings. The average Bonchev–Trinajstić information content (AvgIpc) is 2.32. The number of hydrogen-bond acceptors (Lipinski definition) is 3. The number of hydrogen-bond donors (Lipinski definition) is 1. The van der Waals surface area contributed by atoms with Gasteiger partial charge in [-0.15, -0.1) is 0 Å². The Kier molecular flexibility index (Phi) is 1.27. The third kappa shape index (κ3) is 0.761. The van der Waals surface area contributed by atoms with Crippen LogP contribution in [-0.2, 0) is 7.05 Å². The highest BCUT2D eigenvalue weighted by molar-refractivity contribution is 5.72. The molecule has 2 heterocycles. The first-order valence-electron chi connectivity index (χ1n) is 3.56. The van der Waals surface area contributed by atoms with Crippen LogP contribution in [0.4, 0.5) is 0 Å². The van der Waals surface area contributed by atoms with E-state index in [1.54, 1.807) is 7.05 Å². The zero-order chi connectivity index (χ0) is 8.72. The average molecular weight is 164 g/mol. The Hall–Kier alpha value is -1.65. The third-order valence-corrected chi connectivity index (χ3v) is 1.87. The van der Waals surface area contributed by atoms with E-state index in [0.717, 1.165) is 5.69 Å². The Morgan fingerprint density at radius 2 is 2.25 bits per heavy atom. The predicted octanol–water partition coefficient (Wildman–Crippen LogP) is -0.0350. The molecule has 0 aliphatic rings. The second kappa shape index (κ2) is 2.17. The first-order valence-corrected chi connectivity index (χ1v) is 3.56. The summed E-state index contributed by atoms with van der Waals surface area (Å²) in [5.74, 6) is 0. The molecule has 0 radical (unpaired) electrons. The Bertz CT molecular complexity index is 482.